The van der Waals surface area contributed by atoms with E-state index in [1.807, 2.05) is 19.1 Å². The van der Waals surface area contributed by atoms with Crippen LogP contribution >= 0.6 is 0 Å². The molecule has 16 heavy (non-hydrogen) atoms. The molecule has 0 heterocycles. The molecule has 0 aliphatic heterocycles. The Balaban J connectivity index is 2.26. The summed E-state index contributed by atoms with van der Waals surface area (Å²) in [5, 5.41) is 0. The second kappa shape index (κ2) is 7.25. The Bertz CT molecular complexity index is 302. The maximum atomic E-state index is 5.58. The van der Waals surface area contributed by atoms with E-state index in [1.165, 1.54) is 5.56 Å². The van der Waals surface area contributed by atoms with Gasteiger partial charge in [0, 0.05) is 6.54 Å². The van der Waals surface area contributed by atoms with Gasteiger partial charge >= 0.3 is 0 Å². The summed E-state index contributed by atoms with van der Waals surface area (Å²) in [6.45, 7) is 5.78. The van der Waals surface area contributed by atoms with Crippen LogP contribution in [-0.4, -0.2) is 25.9 Å². The molecule has 1 rings (SSSR count). The monoisotopic (exact) mass is 223 g/mol. The van der Waals surface area contributed by atoms with Gasteiger partial charge in [-0.1, -0.05) is 19.1 Å². The average Bonchev–Trinajstić information content (AvgIpc) is 2.34. The van der Waals surface area contributed by atoms with E-state index in [0.717, 1.165) is 12.2 Å². The Morgan fingerprint density at radius 2 is 2.12 bits per heavy atom. The highest BCUT2D eigenvalue weighted by molar-refractivity contribution is 5.28. The standard InChI is InChI=1S/C13H21NO2/c1-3-12-5-4-6-13(9-12)16-8-7-15-11(2)10-14/h4-6,9,11H,3,7-8,10,14H2,1-2H3. The van der Waals surface area contributed by atoms with Crippen molar-refractivity contribution in [1.29, 1.82) is 0 Å². The van der Waals surface area contributed by atoms with Gasteiger partial charge in [-0.15, -0.1) is 0 Å². The SMILES string of the molecule is CCc1cccc(OCCOC(C)CN)c1. The van der Waals surface area contributed by atoms with Gasteiger partial charge in [0.1, 0.15) is 12.4 Å². The zero-order valence-electron chi connectivity index (χ0n) is 10.1. The molecule has 1 aromatic rings. The number of aryl methyl sites for hydroxylation is 1. The largest absolute Gasteiger partial charge is 0.491 e. The van der Waals surface area contributed by atoms with Gasteiger partial charge in [-0.25, -0.2) is 0 Å². The minimum absolute atomic E-state index is 0.102. The molecule has 1 atom stereocenters. The minimum Gasteiger partial charge on any atom is -0.491 e. The molecule has 0 saturated heterocycles. The fourth-order valence-electron chi connectivity index (χ4n) is 1.33. The zero-order chi connectivity index (χ0) is 11.8. The van der Waals surface area contributed by atoms with Crippen LogP contribution in [0.15, 0.2) is 24.3 Å². The van der Waals surface area contributed by atoms with Gasteiger partial charge in [0.2, 0.25) is 0 Å². The summed E-state index contributed by atoms with van der Waals surface area (Å²) < 4.78 is 11.0. The fourth-order valence-corrected chi connectivity index (χ4v) is 1.33. The topological polar surface area (TPSA) is 44.5 Å². The van der Waals surface area contributed by atoms with Crippen molar-refractivity contribution in [3.63, 3.8) is 0 Å². The molecule has 0 saturated carbocycles. The first-order valence-electron chi connectivity index (χ1n) is 5.79. The second-order valence-corrected chi connectivity index (χ2v) is 3.77. The molecule has 0 radical (unpaired) electrons. The summed E-state index contributed by atoms with van der Waals surface area (Å²) in [6.07, 6.45) is 1.13. The molecule has 0 aliphatic rings. The summed E-state index contributed by atoms with van der Waals surface area (Å²) in [5.74, 6) is 0.906. The predicted octanol–water partition coefficient (Wildman–Crippen LogP) is 1.99. The number of nitrogens with two attached hydrogens (primary N) is 1. The van der Waals surface area contributed by atoms with E-state index in [4.69, 9.17) is 15.2 Å². The molecule has 2 N–H and O–H groups in total. The van der Waals surface area contributed by atoms with E-state index >= 15 is 0 Å². The molecule has 90 valence electrons. The van der Waals surface area contributed by atoms with Crippen LogP contribution in [0.25, 0.3) is 0 Å². The highest BCUT2D eigenvalue weighted by atomic mass is 16.5. The maximum absolute atomic E-state index is 5.58. The summed E-state index contributed by atoms with van der Waals surface area (Å²) in [4.78, 5) is 0. The van der Waals surface area contributed by atoms with Crippen molar-refractivity contribution in [2.75, 3.05) is 19.8 Å². The molecule has 0 spiro atoms. The highest BCUT2D eigenvalue weighted by Crippen LogP contribution is 2.13. The number of hydrogen-bond acceptors (Lipinski definition) is 3. The van der Waals surface area contributed by atoms with E-state index in [1.54, 1.807) is 0 Å². The number of ether oxygens (including phenoxy) is 2. The van der Waals surface area contributed by atoms with Crippen LogP contribution in [0.3, 0.4) is 0 Å². The molecule has 1 aromatic carbocycles. The van der Waals surface area contributed by atoms with Gasteiger partial charge in [0.25, 0.3) is 0 Å². The first-order valence-corrected chi connectivity index (χ1v) is 5.79. The smallest absolute Gasteiger partial charge is 0.119 e. The average molecular weight is 223 g/mol. The van der Waals surface area contributed by atoms with Crippen LogP contribution in [-0.2, 0) is 11.2 Å². The second-order valence-electron chi connectivity index (χ2n) is 3.77. The third kappa shape index (κ3) is 4.64. The first kappa shape index (κ1) is 13.0. The van der Waals surface area contributed by atoms with Gasteiger partial charge in [0.05, 0.1) is 12.7 Å². The molecule has 3 nitrogen and oxygen atoms in total. The molecule has 0 fully saturated rings. The molecule has 0 bridgehead atoms. The van der Waals surface area contributed by atoms with Crippen molar-refractivity contribution < 1.29 is 9.47 Å². The molecule has 0 amide bonds. The van der Waals surface area contributed by atoms with Gasteiger partial charge in [-0.3, -0.25) is 0 Å². The van der Waals surface area contributed by atoms with Crippen molar-refractivity contribution in [3.8, 4) is 5.75 Å². The highest BCUT2D eigenvalue weighted by Gasteiger charge is 1.99. The van der Waals surface area contributed by atoms with E-state index in [0.29, 0.717) is 19.8 Å². The Kier molecular flexibility index (Phi) is 5.90. The summed E-state index contributed by atoms with van der Waals surface area (Å²) >= 11 is 0. The lowest BCUT2D eigenvalue weighted by Crippen LogP contribution is -2.22. The Labute approximate surface area is 97.6 Å². The van der Waals surface area contributed by atoms with Crippen LogP contribution in [0.4, 0.5) is 0 Å². The quantitative estimate of drug-likeness (QED) is 0.719. The predicted molar refractivity (Wildman–Crippen MR) is 65.8 cm³/mol. The third-order valence-corrected chi connectivity index (χ3v) is 2.39. The Morgan fingerprint density at radius 1 is 1.31 bits per heavy atom. The van der Waals surface area contributed by atoms with Crippen molar-refractivity contribution in [2.45, 2.75) is 26.4 Å². The lowest BCUT2D eigenvalue weighted by Gasteiger charge is -2.11. The van der Waals surface area contributed by atoms with Crippen LogP contribution in [0.1, 0.15) is 19.4 Å². The van der Waals surface area contributed by atoms with E-state index in [2.05, 4.69) is 19.1 Å². The van der Waals surface area contributed by atoms with Gasteiger partial charge < -0.3 is 15.2 Å². The summed E-state index contributed by atoms with van der Waals surface area (Å²) in [7, 11) is 0. The van der Waals surface area contributed by atoms with E-state index < -0.39 is 0 Å². The molecule has 0 aromatic heterocycles. The van der Waals surface area contributed by atoms with Gasteiger partial charge in [0.15, 0.2) is 0 Å². The van der Waals surface area contributed by atoms with Crippen LogP contribution in [0.2, 0.25) is 0 Å². The molecule has 0 aliphatic carbocycles. The van der Waals surface area contributed by atoms with Crippen molar-refractivity contribution in [2.24, 2.45) is 5.73 Å². The number of rotatable bonds is 7. The maximum Gasteiger partial charge on any atom is 0.119 e. The molecule has 3 heteroatoms. The number of benzene rings is 1. The van der Waals surface area contributed by atoms with E-state index in [9.17, 15) is 0 Å². The van der Waals surface area contributed by atoms with Crippen LogP contribution in [0, 0.1) is 0 Å². The lowest BCUT2D eigenvalue weighted by molar-refractivity contribution is 0.0496. The lowest BCUT2D eigenvalue weighted by atomic mass is 10.2. The third-order valence-electron chi connectivity index (χ3n) is 2.39. The molecular weight excluding hydrogens is 202 g/mol. The van der Waals surface area contributed by atoms with Gasteiger partial charge in [-0.05, 0) is 31.0 Å². The Hall–Kier alpha value is -1.06. The molecular formula is C13H21NO2. The fraction of sp³-hybridized carbons (Fsp3) is 0.538. The van der Waals surface area contributed by atoms with Crippen LogP contribution in [0.5, 0.6) is 5.75 Å². The van der Waals surface area contributed by atoms with Crippen molar-refractivity contribution >= 4 is 0 Å². The summed E-state index contributed by atoms with van der Waals surface area (Å²) in [5.41, 5.74) is 6.72. The normalized spacial score (nSPS) is 12.4. The summed E-state index contributed by atoms with van der Waals surface area (Å²) in [6, 6.07) is 8.13. The van der Waals surface area contributed by atoms with Gasteiger partial charge in [-0.2, -0.15) is 0 Å². The first-order chi connectivity index (χ1) is 7.76. The molecule has 1 unspecified atom stereocenters. The Morgan fingerprint density at radius 3 is 2.81 bits per heavy atom. The zero-order valence-corrected chi connectivity index (χ0v) is 10.1. The van der Waals surface area contributed by atoms with E-state index in [-0.39, 0.29) is 6.10 Å². The van der Waals surface area contributed by atoms with Crippen molar-refractivity contribution in [3.05, 3.63) is 29.8 Å². The number of hydrogen-bond donors (Lipinski definition) is 1. The van der Waals surface area contributed by atoms with Crippen LogP contribution < -0.4 is 10.5 Å². The van der Waals surface area contributed by atoms with Crippen molar-refractivity contribution in [1.82, 2.24) is 0 Å². The minimum atomic E-state index is 0.102.